The first kappa shape index (κ1) is 15.1. The zero-order chi connectivity index (χ0) is 14.7. The van der Waals surface area contributed by atoms with Crippen molar-refractivity contribution in [1.29, 1.82) is 0 Å². The van der Waals surface area contributed by atoms with Crippen LogP contribution in [0.4, 0.5) is 4.79 Å². The third kappa shape index (κ3) is 4.33. The standard InChI is InChI=1S/C16H29N3O2/c1-21-15-5-3-2-4-14(15)18-16(20)17-13-8-9-19(11-13)10-12-6-7-12/h12-15H,2-11H2,1H3,(H2,17,18,20)/t13-,14-,15+/m0/s1. The molecule has 2 N–H and O–H groups in total. The smallest absolute Gasteiger partial charge is 0.315 e. The summed E-state index contributed by atoms with van der Waals surface area (Å²) in [6.07, 6.45) is 8.53. The van der Waals surface area contributed by atoms with Gasteiger partial charge in [0.25, 0.3) is 0 Å². The number of amides is 2. The van der Waals surface area contributed by atoms with Crippen LogP contribution in [0.15, 0.2) is 0 Å². The summed E-state index contributed by atoms with van der Waals surface area (Å²) < 4.78 is 5.49. The molecule has 5 heteroatoms. The van der Waals surface area contributed by atoms with Crippen molar-refractivity contribution in [3.63, 3.8) is 0 Å². The molecule has 0 radical (unpaired) electrons. The Morgan fingerprint density at radius 3 is 2.71 bits per heavy atom. The van der Waals surface area contributed by atoms with Gasteiger partial charge in [-0.1, -0.05) is 12.8 Å². The average molecular weight is 295 g/mol. The summed E-state index contributed by atoms with van der Waals surface area (Å²) in [5.74, 6) is 0.933. The van der Waals surface area contributed by atoms with Crippen molar-refractivity contribution in [2.24, 2.45) is 5.92 Å². The van der Waals surface area contributed by atoms with Gasteiger partial charge >= 0.3 is 6.03 Å². The maximum atomic E-state index is 12.2. The molecule has 0 aromatic rings. The highest BCUT2D eigenvalue weighted by Gasteiger charge is 2.31. The Hall–Kier alpha value is -0.810. The molecule has 2 aliphatic carbocycles. The predicted molar refractivity (Wildman–Crippen MR) is 82.3 cm³/mol. The molecule has 0 spiro atoms. The second kappa shape index (κ2) is 6.97. The molecular formula is C16H29N3O2. The van der Waals surface area contributed by atoms with E-state index in [9.17, 15) is 4.79 Å². The molecule has 3 fully saturated rings. The van der Waals surface area contributed by atoms with E-state index in [0.717, 1.165) is 38.3 Å². The number of nitrogens with one attached hydrogen (secondary N) is 2. The zero-order valence-electron chi connectivity index (χ0n) is 13.1. The molecule has 3 atom stereocenters. The van der Waals surface area contributed by atoms with Crippen LogP contribution in [0, 0.1) is 5.92 Å². The molecule has 0 bridgehead atoms. The highest BCUT2D eigenvalue weighted by molar-refractivity contribution is 5.74. The van der Waals surface area contributed by atoms with Crippen molar-refractivity contribution in [3.05, 3.63) is 0 Å². The average Bonchev–Trinajstić information content (AvgIpc) is 3.18. The molecule has 0 unspecified atom stereocenters. The maximum absolute atomic E-state index is 12.2. The molecule has 5 nitrogen and oxygen atoms in total. The second-order valence-electron chi connectivity index (χ2n) is 6.97. The van der Waals surface area contributed by atoms with E-state index in [2.05, 4.69) is 15.5 Å². The zero-order valence-corrected chi connectivity index (χ0v) is 13.1. The van der Waals surface area contributed by atoms with Crippen molar-refractivity contribution >= 4 is 6.03 Å². The topological polar surface area (TPSA) is 53.6 Å². The van der Waals surface area contributed by atoms with Crippen LogP contribution in [0.2, 0.25) is 0 Å². The number of hydrogen-bond donors (Lipinski definition) is 2. The van der Waals surface area contributed by atoms with Gasteiger partial charge in [0.2, 0.25) is 0 Å². The number of hydrogen-bond acceptors (Lipinski definition) is 3. The molecular weight excluding hydrogens is 266 g/mol. The Morgan fingerprint density at radius 2 is 1.95 bits per heavy atom. The van der Waals surface area contributed by atoms with Crippen LogP contribution < -0.4 is 10.6 Å². The number of likely N-dealkylation sites (tertiary alicyclic amines) is 1. The van der Waals surface area contributed by atoms with Crippen LogP contribution in [0.25, 0.3) is 0 Å². The highest BCUT2D eigenvalue weighted by Crippen LogP contribution is 2.30. The van der Waals surface area contributed by atoms with E-state index >= 15 is 0 Å². The van der Waals surface area contributed by atoms with Crippen LogP contribution >= 0.6 is 0 Å². The van der Waals surface area contributed by atoms with Crippen molar-refractivity contribution in [2.75, 3.05) is 26.7 Å². The van der Waals surface area contributed by atoms with E-state index in [0.29, 0.717) is 6.04 Å². The summed E-state index contributed by atoms with van der Waals surface area (Å²) in [5.41, 5.74) is 0. The Balaban J connectivity index is 1.39. The number of urea groups is 1. The number of rotatable bonds is 5. The molecule has 0 aromatic carbocycles. The number of carbonyl (C=O) groups is 1. The normalized spacial score (nSPS) is 33.9. The van der Waals surface area contributed by atoms with Gasteiger partial charge in [0.05, 0.1) is 12.1 Å². The molecule has 1 saturated heterocycles. The summed E-state index contributed by atoms with van der Waals surface area (Å²) in [4.78, 5) is 14.7. The van der Waals surface area contributed by atoms with Gasteiger partial charge in [0.15, 0.2) is 0 Å². The van der Waals surface area contributed by atoms with E-state index in [-0.39, 0.29) is 18.2 Å². The fraction of sp³-hybridized carbons (Fsp3) is 0.938. The number of ether oxygens (including phenoxy) is 1. The first-order chi connectivity index (χ1) is 10.2. The largest absolute Gasteiger partial charge is 0.379 e. The van der Waals surface area contributed by atoms with Crippen molar-refractivity contribution in [3.8, 4) is 0 Å². The molecule has 1 heterocycles. The van der Waals surface area contributed by atoms with Crippen molar-refractivity contribution < 1.29 is 9.53 Å². The minimum atomic E-state index is -0.0118. The van der Waals surface area contributed by atoms with Gasteiger partial charge in [-0.2, -0.15) is 0 Å². The van der Waals surface area contributed by atoms with E-state index < -0.39 is 0 Å². The van der Waals surface area contributed by atoms with Gasteiger partial charge in [0.1, 0.15) is 0 Å². The Kier molecular flexibility index (Phi) is 5.01. The monoisotopic (exact) mass is 295 g/mol. The molecule has 0 aromatic heterocycles. The Morgan fingerprint density at radius 1 is 1.14 bits per heavy atom. The lowest BCUT2D eigenvalue weighted by atomic mass is 9.92. The summed E-state index contributed by atoms with van der Waals surface area (Å²) >= 11 is 0. The highest BCUT2D eigenvalue weighted by atomic mass is 16.5. The van der Waals surface area contributed by atoms with Gasteiger partial charge in [0, 0.05) is 32.8 Å². The van der Waals surface area contributed by atoms with E-state index in [1.54, 1.807) is 7.11 Å². The number of methoxy groups -OCH3 is 1. The molecule has 2 amide bonds. The van der Waals surface area contributed by atoms with Gasteiger partial charge in [-0.05, 0) is 38.0 Å². The van der Waals surface area contributed by atoms with Crippen LogP contribution in [0.1, 0.15) is 44.9 Å². The minimum absolute atomic E-state index is 0.0118. The van der Waals surface area contributed by atoms with Crippen LogP contribution in [0.5, 0.6) is 0 Å². The first-order valence-electron chi connectivity index (χ1n) is 8.57. The third-order valence-corrected chi connectivity index (χ3v) is 5.14. The Bertz CT molecular complexity index is 359. The summed E-state index contributed by atoms with van der Waals surface area (Å²) in [6, 6.07) is 0.475. The van der Waals surface area contributed by atoms with Crippen molar-refractivity contribution in [2.45, 2.75) is 63.1 Å². The summed E-state index contributed by atoms with van der Waals surface area (Å²) in [5, 5.41) is 6.27. The van der Waals surface area contributed by atoms with Gasteiger partial charge < -0.3 is 20.3 Å². The van der Waals surface area contributed by atoms with Gasteiger partial charge in [-0.25, -0.2) is 4.79 Å². The quantitative estimate of drug-likeness (QED) is 0.812. The van der Waals surface area contributed by atoms with Gasteiger partial charge in [-0.3, -0.25) is 0 Å². The number of nitrogens with zero attached hydrogens (tertiary/aromatic N) is 1. The minimum Gasteiger partial charge on any atom is -0.379 e. The SMILES string of the molecule is CO[C@@H]1CCCC[C@@H]1NC(=O)N[C@H]1CCN(CC2CC2)C1. The third-order valence-electron chi connectivity index (χ3n) is 5.14. The molecule has 3 rings (SSSR count). The maximum Gasteiger partial charge on any atom is 0.315 e. The lowest BCUT2D eigenvalue weighted by molar-refractivity contribution is 0.0451. The summed E-state index contributed by atoms with van der Waals surface area (Å²) in [6.45, 7) is 3.38. The van der Waals surface area contributed by atoms with E-state index in [1.165, 1.54) is 32.2 Å². The summed E-state index contributed by atoms with van der Waals surface area (Å²) in [7, 11) is 1.75. The molecule has 2 saturated carbocycles. The van der Waals surface area contributed by atoms with Crippen molar-refractivity contribution in [1.82, 2.24) is 15.5 Å². The van der Waals surface area contributed by atoms with Gasteiger partial charge in [-0.15, -0.1) is 0 Å². The Labute approximate surface area is 127 Å². The van der Waals surface area contributed by atoms with Crippen LogP contribution in [-0.2, 0) is 4.74 Å². The van der Waals surface area contributed by atoms with E-state index in [1.807, 2.05) is 0 Å². The van der Waals surface area contributed by atoms with E-state index in [4.69, 9.17) is 4.74 Å². The van der Waals surface area contributed by atoms with Crippen LogP contribution in [0.3, 0.4) is 0 Å². The molecule has 120 valence electrons. The molecule has 21 heavy (non-hydrogen) atoms. The first-order valence-corrected chi connectivity index (χ1v) is 8.57. The molecule has 1 aliphatic heterocycles. The fourth-order valence-electron chi connectivity index (χ4n) is 3.72. The number of carbonyl (C=O) groups excluding carboxylic acids is 1. The predicted octanol–water partition coefficient (Wildman–Crippen LogP) is 1.73. The van der Waals surface area contributed by atoms with Crippen LogP contribution in [-0.4, -0.2) is 55.9 Å². The molecule has 3 aliphatic rings. The fourth-order valence-corrected chi connectivity index (χ4v) is 3.72. The lowest BCUT2D eigenvalue weighted by Crippen LogP contribution is -2.52. The second-order valence-corrected chi connectivity index (χ2v) is 6.97. The lowest BCUT2D eigenvalue weighted by Gasteiger charge is -2.31.